The van der Waals surface area contributed by atoms with Crippen LogP contribution in [0.1, 0.15) is 23.3 Å². The second-order valence-electron chi connectivity index (χ2n) is 6.47. The summed E-state index contributed by atoms with van der Waals surface area (Å²) < 4.78 is 0.780. The number of β-lactam (4-membered cyclic amide) rings is 1. The minimum Gasteiger partial charge on any atom is -0.477 e. The molecule has 2 amide bonds. The van der Waals surface area contributed by atoms with Gasteiger partial charge in [-0.2, -0.15) is 0 Å². The number of carboxylic acid groups (broad SMARTS) is 1. The molecule has 1 unspecified atom stereocenters. The molecule has 2 saturated heterocycles. The summed E-state index contributed by atoms with van der Waals surface area (Å²) in [6, 6.07) is -0.635. The van der Waals surface area contributed by atoms with Gasteiger partial charge in [-0.3, -0.25) is 14.5 Å². The highest BCUT2D eigenvalue weighted by Crippen LogP contribution is 2.41. The fourth-order valence-corrected chi connectivity index (χ4v) is 6.72. The molecule has 11 heteroatoms. The van der Waals surface area contributed by atoms with Gasteiger partial charge in [0.05, 0.1) is 9.72 Å². The van der Waals surface area contributed by atoms with Crippen molar-refractivity contribution in [1.82, 2.24) is 14.8 Å². The normalized spacial score (nSPS) is 24.9. The van der Waals surface area contributed by atoms with Crippen molar-refractivity contribution in [2.75, 3.05) is 24.6 Å². The van der Waals surface area contributed by atoms with Crippen LogP contribution in [0.25, 0.3) is 0 Å². The number of nitrogens with zero attached hydrogens (tertiary/aromatic N) is 3. The van der Waals surface area contributed by atoms with Gasteiger partial charge in [0.1, 0.15) is 17.1 Å². The number of aromatic nitrogens is 1. The van der Waals surface area contributed by atoms with Crippen molar-refractivity contribution < 1.29 is 19.5 Å². The fourth-order valence-electron chi connectivity index (χ4n) is 3.39. The standard InChI is InChI=1S/C16H18N4O4S3/c17-9-12(21)20-11(15(23)24)8(5-25-14(9)20)6-26-16-10(18-7-27-16)13(22)19-3-1-2-4-19/h7,9,14H,1-6,17H2,(H,23,24)/t9?,14-/m0/s1. The first-order valence-electron chi connectivity index (χ1n) is 8.50. The molecule has 0 aromatic carbocycles. The number of nitrogens with two attached hydrogens (primary N) is 1. The Morgan fingerprint density at radius 1 is 1.37 bits per heavy atom. The Balaban J connectivity index is 1.52. The van der Waals surface area contributed by atoms with Crippen LogP contribution >= 0.6 is 34.9 Å². The number of carbonyl (C=O) groups excluding carboxylic acids is 2. The third-order valence-electron chi connectivity index (χ3n) is 4.80. The Hall–Kier alpha value is -1.56. The number of carbonyl (C=O) groups is 3. The molecule has 3 aliphatic heterocycles. The van der Waals surface area contributed by atoms with Gasteiger partial charge in [0, 0.05) is 24.6 Å². The predicted molar refractivity (Wildman–Crippen MR) is 104 cm³/mol. The number of likely N-dealkylation sites (tertiary alicyclic amines) is 1. The van der Waals surface area contributed by atoms with Gasteiger partial charge in [-0.15, -0.1) is 34.9 Å². The Kier molecular flexibility index (Phi) is 5.19. The van der Waals surface area contributed by atoms with E-state index in [4.69, 9.17) is 5.73 Å². The monoisotopic (exact) mass is 426 g/mol. The number of thioether (sulfide) groups is 2. The molecule has 4 rings (SSSR count). The lowest BCUT2D eigenvalue weighted by molar-refractivity contribution is -0.147. The maximum Gasteiger partial charge on any atom is 0.352 e. The van der Waals surface area contributed by atoms with Gasteiger partial charge in [0.25, 0.3) is 5.91 Å². The number of rotatable bonds is 5. The quantitative estimate of drug-likeness (QED) is 0.530. The molecule has 144 valence electrons. The van der Waals surface area contributed by atoms with E-state index >= 15 is 0 Å². The number of thiazole rings is 1. The molecular formula is C16H18N4O4S3. The molecular weight excluding hydrogens is 408 g/mol. The molecule has 0 radical (unpaired) electrons. The van der Waals surface area contributed by atoms with E-state index in [0.29, 0.717) is 22.8 Å². The summed E-state index contributed by atoms with van der Waals surface area (Å²) in [6.45, 7) is 1.51. The van der Waals surface area contributed by atoms with Crippen LogP contribution in [-0.2, 0) is 9.59 Å². The van der Waals surface area contributed by atoms with E-state index in [1.54, 1.807) is 5.51 Å². The van der Waals surface area contributed by atoms with Crippen LogP contribution in [0.15, 0.2) is 21.0 Å². The second kappa shape index (κ2) is 7.46. The average Bonchev–Trinajstić information content (AvgIpc) is 3.36. The summed E-state index contributed by atoms with van der Waals surface area (Å²) in [6.07, 6.45) is 2.02. The molecule has 2 fully saturated rings. The summed E-state index contributed by atoms with van der Waals surface area (Å²) in [5.74, 6) is -0.636. The van der Waals surface area contributed by atoms with E-state index < -0.39 is 12.0 Å². The molecule has 0 saturated carbocycles. The SMILES string of the molecule is NC1C(=O)N2C(C(=O)O)=C(CSc3scnc3C(=O)N3CCCC3)CS[C@@H]12. The lowest BCUT2D eigenvalue weighted by atomic mass is 10.0. The van der Waals surface area contributed by atoms with Crippen LogP contribution in [0.5, 0.6) is 0 Å². The number of hydrogen-bond acceptors (Lipinski definition) is 8. The molecule has 4 heterocycles. The summed E-state index contributed by atoms with van der Waals surface area (Å²) in [7, 11) is 0. The molecule has 0 aliphatic carbocycles. The Morgan fingerprint density at radius 2 is 2.11 bits per heavy atom. The highest BCUT2D eigenvalue weighted by Gasteiger charge is 2.51. The minimum absolute atomic E-state index is 0.0369. The van der Waals surface area contributed by atoms with Crippen molar-refractivity contribution in [3.05, 3.63) is 22.5 Å². The molecule has 1 aromatic rings. The highest BCUT2D eigenvalue weighted by molar-refractivity contribution is 8.02. The van der Waals surface area contributed by atoms with Gasteiger partial charge >= 0.3 is 5.97 Å². The largest absolute Gasteiger partial charge is 0.477 e. The first-order chi connectivity index (χ1) is 13.0. The zero-order valence-electron chi connectivity index (χ0n) is 14.3. The Morgan fingerprint density at radius 3 is 2.81 bits per heavy atom. The Labute approximate surface area is 168 Å². The van der Waals surface area contributed by atoms with Crippen LogP contribution in [0.2, 0.25) is 0 Å². The second-order valence-corrected chi connectivity index (χ2v) is 9.67. The predicted octanol–water partition coefficient (Wildman–Crippen LogP) is 1.05. The van der Waals surface area contributed by atoms with Crippen molar-refractivity contribution >= 4 is 52.6 Å². The molecule has 0 bridgehead atoms. The smallest absolute Gasteiger partial charge is 0.352 e. The third-order valence-corrected chi connectivity index (χ3v) is 8.37. The first-order valence-corrected chi connectivity index (χ1v) is 11.4. The summed E-state index contributed by atoms with van der Waals surface area (Å²) >= 11 is 4.26. The van der Waals surface area contributed by atoms with Crippen LogP contribution in [0.3, 0.4) is 0 Å². The zero-order valence-corrected chi connectivity index (χ0v) is 16.7. The molecule has 0 spiro atoms. The molecule has 27 heavy (non-hydrogen) atoms. The molecule has 3 N–H and O–H groups in total. The van der Waals surface area contributed by atoms with E-state index in [2.05, 4.69) is 4.98 Å². The van der Waals surface area contributed by atoms with Gasteiger partial charge in [-0.05, 0) is 18.4 Å². The van der Waals surface area contributed by atoms with Crippen LogP contribution < -0.4 is 5.73 Å². The molecule has 8 nitrogen and oxygen atoms in total. The average molecular weight is 427 g/mol. The van der Waals surface area contributed by atoms with Crippen molar-refractivity contribution in [3.63, 3.8) is 0 Å². The molecule has 1 aromatic heterocycles. The lowest BCUT2D eigenvalue weighted by Crippen LogP contribution is -2.68. The fraction of sp³-hybridized carbons (Fsp3) is 0.500. The summed E-state index contributed by atoms with van der Waals surface area (Å²) in [4.78, 5) is 43.7. The highest BCUT2D eigenvalue weighted by atomic mass is 32.2. The van der Waals surface area contributed by atoms with E-state index in [1.165, 1.54) is 39.8 Å². The van der Waals surface area contributed by atoms with E-state index in [1.807, 2.05) is 4.90 Å². The van der Waals surface area contributed by atoms with Gasteiger partial charge in [-0.1, -0.05) is 0 Å². The van der Waals surface area contributed by atoms with Crippen molar-refractivity contribution in [3.8, 4) is 0 Å². The van der Waals surface area contributed by atoms with Crippen LogP contribution in [0, 0.1) is 0 Å². The summed E-state index contributed by atoms with van der Waals surface area (Å²) in [5.41, 5.74) is 8.55. The number of fused-ring (bicyclic) bond motifs is 1. The minimum atomic E-state index is -1.12. The van der Waals surface area contributed by atoms with Crippen LogP contribution in [-0.4, -0.2) is 73.7 Å². The van der Waals surface area contributed by atoms with Gasteiger partial charge in [0.2, 0.25) is 5.91 Å². The zero-order chi connectivity index (χ0) is 19.1. The number of amides is 2. The van der Waals surface area contributed by atoms with Crippen molar-refractivity contribution in [2.24, 2.45) is 5.73 Å². The van der Waals surface area contributed by atoms with Gasteiger partial charge in [0.15, 0.2) is 5.69 Å². The first kappa shape index (κ1) is 18.8. The molecule has 2 atom stereocenters. The van der Waals surface area contributed by atoms with Crippen molar-refractivity contribution in [1.29, 1.82) is 0 Å². The summed E-state index contributed by atoms with van der Waals surface area (Å²) in [5, 5.41) is 9.30. The van der Waals surface area contributed by atoms with Gasteiger partial charge in [-0.25, -0.2) is 9.78 Å². The van der Waals surface area contributed by atoms with Gasteiger partial charge < -0.3 is 15.7 Å². The maximum absolute atomic E-state index is 12.6. The topological polar surface area (TPSA) is 117 Å². The van der Waals surface area contributed by atoms with E-state index in [0.717, 1.165) is 30.1 Å². The number of hydrogen-bond donors (Lipinski definition) is 2. The lowest BCUT2D eigenvalue weighted by Gasteiger charge is -2.48. The number of carboxylic acids is 1. The Bertz CT molecular complexity index is 833. The van der Waals surface area contributed by atoms with Crippen LogP contribution in [0.4, 0.5) is 0 Å². The third kappa shape index (κ3) is 3.26. The van der Waals surface area contributed by atoms with E-state index in [9.17, 15) is 19.5 Å². The maximum atomic E-state index is 12.6. The van der Waals surface area contributed by atoms with Crippen molar-refractivity contribution in [2.45, 2.75) is 28.5 Å². The molecule has 3 aliphatic rings. The van der Waals surface area contributed by atoms with E-state index in [-0.39, 0.29) is 22.9 Å². The number of aliphatic carboxylic acids is 1.